The summed E-state index contributed by atoms with van der Waals surface area (Å²) in [6, 6.07) is 0.756. The van der Waals surface area contributed by atoms with Crippen molar-refractivity contribution in [2.45, 2.75) is 25.8 Å². The SMILES string of the molecule is CCNc1cn2ccnc2c(OCCN(C)C2CC2)n1. The van der Waals surface area contributed by atoms with Crippen molar-refractivity contribution in [1.29, 1.82) is 0 Å². The highest BCUT2D eigenvalue weighted by molar-refractivity contribution is 5.53. The van der Waals surface area contributed by atoms with Gasteiger partial charge in [-0.2, -0.15) is 4.98 Å². The van der Waals surface area contributed by atoms with Gasteiger partial charge >= 0.3 is 0 Å². The molecule has 108 valence electrons. The summed E-state index contributed by atoms with van der Waals surface area (Å²) < 4.78 is 7.77. The number of imidazole rings is 1. The van der Waals surface area contributed by atoms with Gasteiger partial charge < -0.3 is 15.0 Å². The Morgan fingerprint density at radius 3 is 3.10 bits per heavy atom. The average molecular weight is 275 g/mol. The van der Waals surface area contributed by atoms with E-state index in [1.807, 2.05) is 23.7 Å². The maximum absolute atomic E-state index is 5.84. The molecule has 6 heteroatoms. The molecule has 0 amide bonds. The smallest absolute Gasteiger partial charge is 0.260 e. The molecule has 0 aromatic carbocycles. The largest absolute Gasteiger partial charge is 0.474 e. The standard InChI is InChI=1S/C14H21N5O/c1-3-15-12-10-19-7-6-16-13(19)14(17-12)20-9-8-18(2)11-4-5-11/h6-7,10-11,15H,3-5,8-9H2,1-2H3. The van der Waals surface area contributed by atoms with Crippen LogP contribution in [-0.4, -0.2) is 52.1 Å². The van der Waals surface area contributed by atoms with Gasteiger partial charge in [-0.3, -0.25) is 4.40 Å². The topological polar surface area (TPSA) is 54.7 Å². The van der Waals surface area contributed by atoms with Gasteiger partial charge in [-0.15, -0.1) is 0 Å². The fourth-order valence-electron chi connectivity index (χ4n) is 2.25. The Morgan fingerprint density at radius 2 is 2.35 bits per heavy atom. The van der Waals surface area contributed by atoms with Gasteiger partial charge in [-0.05, 0) is 26.8 Å². The number of hydrogen-bond donors (Lipinski definition) is 1. The number of likely N-dealkylation sites (N-methyl/N-ethyl adjacent to an activating group) is 1. The fraction of sp³-hybridized carbons (Fsp3) is 0.571. The molecule has 1 N–H and O–H groups in total. The van der Waals surface area contributed by atoms with Gasteiger partial charge in [0.25, 0.3) is 5.88 Å². The summed E-state index contributed by atoms with van der Waals surface area (Å²) in [5, 5.41) is 3.21. The number of nitrogens with zero attached hydrogens (tertiary/aromatic N) is 4. The van der Waals surface area contributed by atoms with Crippen LogP contribution in [0.4, 0.5) is 5.82 Å². The monoisotopic (exact) mass is 275 g/mol. The average Bonchev–Trinajstić information content (AvgIpc) is 3.18. The van der Waals surface area contributed by atoms with Crippen molar-refractivity contribution in [2.75, 3.05) is 32.1 Å². The predicted octanol–water partition coefficient (Wildman–Crippen LogP) is 1.63. The molecule has 0 aliphatic heterocycles. The predicted molar refractivity (Wildman–Crippen MR) is 78.3 cm³/mol. The molecule has 0 unspecified atom stereocenters. The molecule has 0 bridgehead atoms. The van der Waals surface area contributed by atoms with Gasteiger partial charge in [0.15, 0.2) is 0 Å². The minimum absolute atomic E-state index is 0.595. The van der Waals surface area contributed by atoms with Crippen LogP contribution in [0.15, 0.2) is 18.6 Å². The third-order valence-electron chi connectivity index (χ3n) is 3.55. The fourth-order valence-corrected chi connectivity index (χ4v) is 2.25. The number of anilines is 1. The molecule has 2 aromatic rings. The molecule has 0 saturated heterocycles. The van der Waals surface area contributed by atoms with Gasteiger partial charge in [0.05, 0.1) is 6.20 Å². The quantitative estimate of drug-likeness (QED) is 0.832. The van der Waals surface area contributed by atoms with Gasteiger partial charge in [-0.25, -0.2) is 4.98 Å². The van der Waals surface area contributed by atoms with Gasteiger partial charge in [0.1, 0.15) is 12.4 Å². The van der Waals surface area contributed by atoms with Gasteiger partial charge in [-0.1, -0.05) is 0 Å². The van der Waals surface area contributed by atoms with E-state index in [-0.39, 0.29) is 0 Å². The van der Waals surface area contributed by atoms with E-state index in [0.717, 1.165) is 30.6 Å². The van der Waals surface area contributed by atoms with Crippen LogP contribution in [0, 0.1) is 0 Å². The maximum atomic E-state index is 5.84. The zero-order valence-corrected chi connectivity index (χ0v) is 12.0. The molecule has 6 nitrogen and oxygen atoms in total. The maximum Gasteiger partial charge on any atom is 0.260 e. The van der Waals surface area contributed by atoms with E-state index in [2.05, 4.69) is 27.2 Å². The highest BCUT2D eigenvalue weighted by Crippen LogP contribution is 2.25. The van der Waals surface area contributed by atoms with E-state index in [4.69, 9.17) is 4.74 Å². The molecule has 1 aliphatic rings. The Hall–Kier alpha value is -1.82. The van der Waals surface area contributed by atoms with E-state index >= 15 is 0 Å². The molecule has 20 heavy (non-hydrogen) atoms. The van der Waals surface area contributed by atoms with Crippen LogP contribution in [-0.2, 0) is 0 Å². The summed E-state index contributed by atoms with van der Waals surface area (Å²) >= 11 is 0. The second kappa shape index (κ2) is 5.66. The van der Waals surface area contributed by atoms with Gasteiger partial charge in [0, 0.05) is 31.5 Å². The summed E-state index contributed by atoms with van der Waals surface area (Å²) in [6.45, 7) is 4.44. The molecule has 0 spiro atoms. The number of hydrogen-bond acceptors (Lipinski definition) is 5. The first-order chi connectivity index (χ1) is 9.78. The van der Waals surface area contributed by atoms with E-state index in [0.29, 0.717) is 12.5 Å². The zero-order chi connectivity index (χ0) is 13.9. The Balaban J connectivity index is 1.69. The molecule has 2 aromatic heterocycles. The van der Waals surface area contributed by atoms with E-state index in [9.17, 15) is 0 Å². The summed E-state index contributed by atoms with van der Waals surface area (Å²) in [5.74, 6) is 1.40. The summed E-state index contributed by atoms with van der Waals surface area (Å²) in [6.07, 6.45) is 8.22. The van der Waals surface area contributed by atoms with Crippen molar-refractivity contribution >= 4 is 11.5 Å². The van der Waals surface area contributed by atoms with E-state index in [1.54, 1.807) is 6.20 Å². The molecule has 3 rings (SSSR count). The van der Waals surface area contributed by atoms with Crippen LogP contribution in [0.2, 0.25) is 0 Å². The van der Waals surface area contributed by atoms with Crippen molar-refractivity contribution in [2.24, 2.45) is 0 Å². The highest BCUT2D eigenvalue weighted by Gasteiger charge is 2.25. The number of rotatable bonds is 7. The number of fused-ring (bicyclic) bond motifs is 1. The second-order valence-corrected chi connectivity index (χ2v) is 5.18. The van der Waals surface area contributed by atoms with Crippen LogP contribution < -0.4 is 10.1 Å². The lowest BCUT2D eigenvalue weighted by atomic mass is 10.5. The number of ether oxygens (including phenoxy) is 1. The molecule has 0 radical (unpaired) electrons. The van der Waals surface area contributed by atoms with Crippen molar-refractivity contribution in [3.8, 4) is 5.88 Å². The summed E-state index contributed by atoms with van der Waals surface area (Å²) in [4.78, 5) is 11.1. The normalized spacial score (nSPS) is 14.9. The Labute approximate surface area is 118 Å². The van der Waals surface area contributed by atoms with Crippen molar-refractivity contribution in [3.63, 3.8) is 0 Å². The Morgan fingerprint density at radius 1 is 1.50 bits per heavy atom. The molecule has 1 fully saturated rings. The summed E-state index contributed by atoms with van der Waals surface area (Å²) in [7, 11) is 2.15. The second-order valence-electron chi connectivity index (χ2n) is 5.18. The number of nitrogens with one attached hydrogen (secondary N) is 1. The third kappa shape index (κ3) is 2.85. The molecule has 1 aliphatic carbocycles. The van der Waals surface area contributed by atoms with Crippen molar-refractivity contribution in [1.82, 2.24) is 19.3 Å². The van der Waals surface area contributed by atoms with Crippen LogP contribution in [0.3, 0.4) is 0 Å². The molecule has 0 atom stereocenters. The number of aromatic nitrogens is 3. The Kier molecular flexibility index (Phi) is 3.73. The van der Waals surface area contributed by atoms with E-state index in [1.165, 1.54) is 12.8 Å². The van der Waals surface area contributed by atoms with Crippen molar-refractivity contribution < 1.29 is 4.74 Å². The minimum Gasteiger partial charge on any atom is -0.474 e. The van der Waals surface area contributed by atoms with Crippen LogP contribution in [0.25, 0.3) is 5.65 Å². The Bertz CT molecular complexity index is 578. The van der Waals surface area contributed by atoms with Crippen molar-refractivity contribution in [3.05, 3.63) is 18.6 Å². The zero-order valence-electron chi connectivity index (χ0n) is 12.0. The molecular weight excluding hydrogens is 254 g/mol. The van der Waals surface area contributed by atoms with Gasteiger partial charge in [0.2, 0.25) is 5.65 Å². The lowest BCUT2D eigenvalue weighted by molar-refractivity contribution is 0.227. The molecular formula is C14H21N5O. The first kappa shape index (κ1) is 13.2. The first-order valence-electron chi connectivity index (χ1n) is 7.18. The lowest BCUT2D eigenvalue weighted by Crippen LogP contribution is -2.26. The van der Waals surface area contributed by atoms with E-state index < -0.39 is 0 Å². The van der Waals surface area contributed by atoms with Crippen LogP contribution in [0.1, 0.15) is 19.8 Å². The van der Waals surface area contributed by atoms with Crippen LogP contribution in [0.5, 0.6) is 5.88 Å². The first-order valence-corrected chi connectivity index (χ1v) is 7.18. The molecule has 1 saturated carbocycles. The third-order valence-corrected chi connectivity index (χ3v) is 3.55. The summed E-state index contributed by atoms with van der Waals surface area (Å²) in [5.41, 5.74) is 0.765. The van der Waals surface area contributed by atoms with Crippen LogP contribution >= 0.6 is 0 Å². The molecule has 2 heterocycles. The highest BCUT2D eigenvalue weighted by atomic mass is 16.5. The minimum atomic E-state index is 0.595. The lowest BCUT2D eigenvalue weighted by Gasteiger charge is -2.16.